The molecule has 1 fully saturated rings. The second-order valence-corrected chi connectivity index (χ2v) is 4.91. The van der Waals surface area contributed by atoms with Crippen LogP contribution in [0.1, 0.15) is 52.4 Å². The van der Waals surface area contributed by atoms with E-state index in [1.807, 2.05) is 0 Å². The van der Waals surface area contributed by atoms with Crippen molar-refractivity contribution in [1.29, 1.82) is 0 Å². The summed E-state index contributed by atoms with van der Waals surface area (Å²) in [5.74, 6) is 0. The maximum absolute atomic E-state index is 5.25. The van der Waals surface area contributed by atoms with Crippen molar-refractivity contribution < 1.29 is 0 Å². The fourth-order valence-electron chi connectivity index (χ4n) is 2.01. The molecule has 0 spiro atoms. The van der Waals surface area contributed by atoms with Crippen molar-refractivity contribution in [2.75, 3.05) is 6.54 Å². The van der Waals surface area contributed by atoms with Crippen molar-refractivity contribution in [3.05, 3.63) is 0 Å². The smallest absolute Gasteiger partial charge is 0.166 e. The largest absolute Gasteiger partial charge is 0.363 e. The molecule has 0 heterocycles. The summed E-state index contributed by atoms with van der Waals surface area (Å²) < 4.78 is 0. The van der Waals surface area contributed by atoms with Crippen LogP contribution in [0.2, 0.25) is 0 Å². The van der Waals surface area contributed by atoms with Crippen LogP contribution in [-0.4, -0.2) is 17.2 Å². The van der Waals surface area contributed by atoms with Crippen LogP contribution in [0.4, 0.5) is 0 Å². The second kappa shape index (κ2) is 5.54. The third-order valence-corrected chi connectivity index (χ3v) is 3.15. The highest BCUT2D eigenvalue weighted by Crippen LogP contribution is 2.27. The van der Waals surface area contributed by atoms with E-state index < -0.39 is 0 Å². The van der Waals surface area contributed by atoms with Gasteiger partial charge in [-0.2, -0.15) is 0 Å². The molecule has 82 valence electrons. The Kier molecular flexibility index (Phi) is 4.66. The summed E-state index contributed by atoms with van der Waals surface area (Å²) in [7, 11) is 0. The van der Waals surface area contributed by atoms with Crippen molar-refractivity contribution in [3.8, 4) is 0 Å². The molecular weight excluding hydrogens is 192 g/mol. The van der Waals surface area contributed by atoms with Gasteiger partial charge in [-0.1, -0.05) is 26.2 Å². The van der Waals surface area contributed by atoms with Gasteiger partial charge in [-0.3, -0.25) is 0 Å². The maximum Gasteiger partial charge on any atom is 0.166 e. The van der Waals surface area contributed by atoms with Gasteiger partial charge in [0.2, 0.25) is 0 Å². The van der Waals surface area contributed by atoms with E-state index in [-0.39, 0.29) is 5.54 Å². The van der Waals surface area contributed by atoms with Gasteiger partial charge in [0.05, 0.1) is 0 Å². The molecule has 3 heteroatoms. The lowest BCUT2D eigenvalue weighted by Gasteiger charge is -2.35. The summed E-state index contributed by atoms with van der Waals surface area (Å²) in [6.07, 6.45) is 7.67. The molecule has 1 rings (SSSR count). The average molecular weight is 214 g/mol. The lowest BCUT2D eigenvalue weighted by Crippen LogP contribution is -2.51. The third-order valence-electron chi connectivity index (χ3n) is 2.91. The quantitative estimate of drug-likeness (QED) is 0.706. The van der Waals surface area contributed by atoms with Crippen molar-refractivity contribution in [2.45, 2.75) is 57.9 Å². The molecule has 0 aromatic carbocycles. The molecule has 2 N–H and O–H groups in total. The molecule has 1 saturated carbocycles. The molecule has 0 atom stereocenters. The summed E-state index contributed by atoms with van der Waals surface area (Å²) in [6, 6.07) is 0. The van der Waals surface area contributed by atoms with E-state index in [4.69, 9.17) is 12.2 Å². The van der Waals surface area contributed by atoms with Gasteiger partial charge in [-0.15, -0.1) is 0 Å². The first-order valence-corrected chi connectivity index (χ1v) is 6.13. The van der Waals surface area contributed by atoms with Crippen molar-refractivity contribution in [3.63, 3.8) is 0 Å². The third kappa shape index (κ3) is 3.82. The topological polar surface area (TPSA) is 24.1 Å². The van der Waals surface area contributed by atoms with Crippen LogP contribution in [-0.2, 0) is 0 Å². The summed E-state index contributed by atoms with van der Waals surface area (Å²) in [5, 5.41) is 7.51. The zero-order valence-corrected chi connectivity index (χ0v) is 10.2. The molecule has 14 heavy (non-hydrogen) atoms. The molecular formula is C11H22N2S. The fraction of sp³-hybridized carbons (Fsp3) is 0.909. The Bertz CT molecular complexity index is 186. The Morgan fingerprint density at radius 3 is 2.50 bits per heavy atom. The SMILES string of the molecule is CCCNC(=S)NC1(C)CCCCC1. The Balaban J connectivity index is 2.29. The van der Waals surface area contributed by atoms with E-state index in [0.717, 1.165) is 18.1 Å². The molecule has 1 aliphatic carbocycles. The molecule has 0 saturated heterocycles. The van der Waals surface area contributed by atoms with E-state index >= 15 is 0 Å². The van der Waals surface area contributed by atoms with Crippen molar-refractivity contribution in [2.24, 2.45) is 0 Å². The van der Waals surface area contributed by atoms with Crippen molar-refractivity contribution in [1.82, 2.24) is 10.6 Å². The fourth-order valence-corrected chi connectivity index (χ4v) is 2.36. The van der Waals surface area contributed by atoms with Crippen LogP contribution in [0.3, 0.4) is 0 Å². The summed E-state index contributed by atoms with van der Waals surface area (Å²) in [6.45, 7) is 5.41. The predicted molar refractivity (Wildman–Crippen MR) is 65.5 cm³/mol. The van der Waals surface area contributed by atoms with Gasteiger partial charge >= 0.3 is 0 Å². The molecule has 1 aliphatic rings. The van der Waals surface area contributed by atoms with Crippen LogP contribution in [0.25, 0.3) is 0 Å². The highest BCUT2D eigenvalue weighted by Gasteiger charge is 2.26. The van der Waals surface area contributed by atoms with Crippen LogP contribution in [0.5, 0.6) is 0 Å². The zero-order valence-electron chi connectivity index (χ0n) is 9.36. The standard InChI is InChI=1S/C11H22N2S/c1-3-9-12-10(14)13-11(2)7-5-4-6-8-11/h3-9H2,1-2H3,(H2,12,13,14). The lowest BCUT2D eigenvalue weighted by atomic mass is 9.83. The Morgan fingerprint density at radius 1 is 1.29 bits per heavy atom. The molecule has 0 amide bonds. The van der Waals surface area contributed by atoms with E-state index in [1.54, 1.807) is 0 Å². The van der Waals surface area contributed by atoms with Gasteiger partial charge < -0.3 is 10.6 Å². The van der Waals surface area contributed by atoms with Gasteiger partial charge in [-0.25, -0.2) is 0 Å². The highest BCUT2D eigenvalue weighted by molar-refractivity contribution is 7.80. The number of hydrogen-bond acceptors (Lipinski definition) is 1. The van der Waals surface area contributed by atoms with E-state index in [9.17, 15) is 0 Å². The minimum absolute atomic E-state index is 0.246. The minimum Gasteiger partial charge on any atom is -0.363 e. The summed E-state index contributed by atoms with van der Waals surface area (Å²) >= 11 is 5.25. The van der Waals surface area contributed by atoms with Crippen LogP contribution in [0, 0.1) is 0 Å². The Hall–Kier alpha value is -0.310. The predicted octanol–water partition coefficient (Wildman–Crippen LogP) is 2.58. The lowest BCUT2D eigenvalue weighted by molar-refractivity contribution is 0.290. The number of thiocarbonyl (C=S) groups is 1. The van der Waals surface area contributed by atoms with Crippen LogP contribution in [0.15, 0.2) is 0 Å². The van der Waals surface area contributed by atoms with Crippen LogP contribution < -0.4 is 10.6 Å². The van der Waals surface area contributed by atoms with E-state index in [1.165, 1.54) is 32.1 Å². The molecule has 0 aromatic rings. The Labute approximate surface area is 92.8 Å². The van der Waals surface area contributed by atoms with E-state index in [0.29, 0.717) is 0 Å². The minimum atomic E-state index is 0.246. The first kappa shape index (κ1) is 11.8. The highest BCUT2D eigenvalue weighted by atomic mass is 32.1. The first-order valence-electron chi connectivity index (χ1n) is 5.72. The molecule has 0 aromatic heterocycles. The van der Waals surface area contributed by atoms with Gasteiger partial charge in [0.25, 0.3) is 0 Å². The van der Waals surface area contributed by atoms with E-state index in [2.05, 4.69) is 24.5 Å². The van der Waals surface area contributed by atoms with Crippen LogP contribution >= 0.6 is 12.2 Å². The van der Waals surface area contributed by atoms with Gasteiger partial charge in [0.15, 0.2) is 5.11 Å². The summed E-state index contributed by atoms with van der Waals surface area (Å²) in [4.78, 5) is 0. The maximum atomic E-state index is 5.25. The molecule has 2 nitrogen and oxygen atoms in total. The number of nitrogens with one attached hydrogen (secondary N) is 2. The van der Waals surface area contributed by atoms with Gasteiger partial charge in [0.1, 0.15) is 0 Å². The second-order valence-electron chi connectivity index (χ2n) is 4.50. The molecule has 0 radical (unpaired) electrons. The Morgan fingerprint density at radius 2 is 1.93 bits per heavy atom. The number of hydrogen-bond donors (Lipinski definition) is 2. The zero-order chi connectivity index (χ0) is 10.4. The molecule has 0 unspecified atom stereocenters. The average Bonchev–Trinajstić information content (AvgIpc) is 2.15. The molecule has 0 bridgehead atoms. The normalized spacial score (nSPS) is 20.1. The van der Waals surface area contributed by atoms with Gasteiger partial charge in [-0.05, 0) is 38.4 Å². The van der Waals surface area contributed by atoms with Crippen molar-refractivity contribution >= 4 is 17.3 Å². The monoisotopic (exact) mass is 214 g/mol. The number of rotatable bonds is 3. The summed E-state index contributed by atoms with van der Waals surface area (Å²) in [5.41, 5.74) is 0.246. The molecule has 0 aliphatic heterocycles. The van der Waals surface area contributed by atoms with Gasteiger partial charge in [0, 0.05) is 12.1 Å². The first-order chi connectivity index (χ1) is 6.66.